The highest BCUT2D eigenvalue weighted by atomic mass is 16.4. The van der Waals surface area contributed by atoms with E-state index in [1.54, 1.807) is 12.3 Å². The van der Waals surface area contributed by atoms with E-state index in [9.17, 15) is 5.11 Å². The Bertz CT molecular complexity index is 436. The van der Waals surface area contributed by atoms with Crippen LogP contribution in [0.4, 0.5) is 5.69 Å². The van der Waals surface area contributed by atoms with Crippen LogP contribution in [0.2, 0.25) is 0 Å². The first-order chi connectivity index (χ1) is 9.11. The third kappa shape index (κ3) is 3.14. The molecule has 0 spiro atoms. The summed E-state index contributed by atoms with van der Waals surface area (Å²) >= 11 is 0. The molecule has 0 aliphatic carbocycles. The van der Waals surface area contributed by atoms with Gasteiger partial charge in [0.05, 0.1) is 18.0 Å². The van der Waals surface area contributed by atoms with Crippen molar-refractivity contribution in [2.75, 3.05) is 18.0 Å². The van der Waals surface area contributed by atoms with Gasteiger partial charge in [-0.2, -0.15) is 0 Å². The predicted octanol–water partition coefficient (Wildman–Crippen LogP) is 0.773. The van der Waals surface area contributed by atoms with Gasteiger partial charge in [0.2, 0.25) is 0 Å². The van der Waals surface area contributed by atoms with E-state index in [0.29, 0.717) is 11.6 Å². The second-order valence-electron chi connectivity index (χ2n) is 4.95. The highest BCUT2D eigenvalue weighted by molar-refractivity contribution is 5.95. The molecule has 1 aliphatic heterocycles. The third-order valence-electron chi connectivity index (χ3n) is 3.71. The Kier molecular flexibility index (Phi) is 4.21. The maximum atomic E-state index is 9.58. The Balaban J connectivity index is 2.00. The number of hydrogen-bond acceptors (Lipinski definition) is 5. The number of aliphatic hydroxyl groups excluding tert-OH is 1. The molecule has 1 fully saturated rings. The summed E-state index contributed by atoms with van der Waals surface area (Å²) in [6.07, 6.45) is 3.47. The first-order valence-corrected chi connectivity index (χ1v) is 6.48. The molecule has 6 nitrogen and oxygen atoms in total. The molecule has 1 aromatic heterocycles. The Labute approximate surface area is 112 Å². The molecule has 19 heavy (non-hydrogen) atoms. The lowest BCUT2D eigenvalue weighted by Crippen LogP contribution is -2.37. The zero-order chi connectivity index (χ0) is 13.8. The van der Waals surface area contributed by atoms with E-state index in [1.807, 2.05) is 13.0 Å². The van der Waals surface area contributed by atoms with Gasteiger partial charge in [0.15, 0.2) is 5.84 Å². The first-order valence-electron chi connectivity index (χ1n) is 6.48. The smallest absolute Gasteiger partial charge is 0.188 e. The summed E-state index contributed by atoms with van der Waals surface area (Å²) in [4.78, 5) is 6.41. The number of nitrogens with zero attached hydrogens (tertiary/aromatic N) is 3. The summed E-state index contributed by atoms with van der Waals surface area (Å²) in [6.45, 7) is 3.69. The molecule has 6 heteroatoms. The molecule has 0 bridgehead atoms. The minimum atomic E-state index is -0.233. The average Bonchev–Trinajstić information content (AvgIpc) is 2.46. The zero-order valence-corrected chi connectivity index (χ0v) is 11.0. The number of aliphatic hydroxyl groups is 1. The van der Waals surface area contributed by atoms with Crippen molar-refractivity contribution in [3.8, 4) is 0 Å². The van der Waals surface area contributed by atoms with Crippen LogP contribution in [0, 0.1) is 5.92 Å². The van der Waals surface area contributed by atoms with Crippen LogP contribution in [-0.4, -0.2) is 40.3 Å². The van der Waals surface area contributed by atoms with Gasteiger partial charge in [-0.3, -0.25) is 4.98 Å². The number of pyridine rings is 1. The lowest BCUT2D eigenvalue weighted by Gasteiger charge is -2.34. The summed E-state index contributed by atoms with van der Waals surface area (Å²) in [5.74, 6) is 0.403. The molecule has 1 aromatic rings. The highest BCUT2D eigenvalue weighted by Gasteiger charge is 2.22. The fraction of sp³-hybridized carbons (Fsp3) is 0.538. The van der Waals surface area contributed by atoms with Crippen molar-refractivity contribution in [1.29, 1.82) is 0 Å². The second kappa shape index (κ2) is 5.88. The predicted molar refractivity (Wildman–Crippen MR) is 73.4 cm³/mol. The molecule has 4 N–H and O–H groups in total. The van der Waals surface area contributed by atoms with Crippen LogP contribution in [-0.2, 0) is 0 Å². The number of oxime groups is 1. The van der Waals surface area contributed by atoms with Crippen molar-refractivity contribution in [1.82, 2.24) is 4.98 Å². The number of aromatic nitrogens is 1. The molecule has 104 valence electrons. The average molecular weight is 264 g/mol. The van der Waals surface area contributed by atoms with Crippen LogP contribution in [0.25, 0.3) is 0 Å². The largest absolute Gasteiger partial charge is 0.409 e. The minimum absolute atomic E-state index is 0.0133. The van der Waals surface area contributed by atoms with Crippen LogP contribution in [0.15, 0.2) is 23.5 Å². The van der Waals surface area contributed by atoms with Gasteiger partial charge in [0.25, 0.3) is 0 Å². The molecule has 1 aliphatic rings. The summed E-state index contributed by atoms with van der Waals surface area (Å²) in [5, 5.41) is 21.1. The normalized spacial score (nSPS) is 19.5. The van der Waals surface area contributed by atoms with Crippen LogP contribution in [0.1, 0.15) is 25.5 Å². The maximum absolute atomic E-state index is 9.58. The van der Waals surface area contributed by atoms with Crippen LogP contribution >= 0.6 is 0 Å². The monoisotopic (exact) mass is 264 g/mol. The quantitative estimate of drug-likeness (QED) is 0.324. The highest BCUT2D eigenvalue weighted by Crippen LogP contribution is 2.24. The summed E-state index contributed by atoms with van der Waals surface area (Å²) in [7, 11) is 0. The summed E-state index contributed by atoms with van der Waals surface area (Å²) in [6, 6.07) is 3.66. The second-order valence-corrected chi connectivity index (χ2v) is 4.95. The number of anilines is 1. The van der Waals surface area contributed by atoms with Crippen molar-refractivity contribution >= 4 is 11.5 Å². The van der Waals surface area contributed by atoms with E-state index in [4.69, 9.17) is 10.9 Å². The third-order valence-corrected chi connectivity index (χ3v) is 3.71. The van der Waals surface area contributed by atoms with Crippen molar-refractivity contribution in [3.05, 3.63) is 24.0 Å². The van der Waals surface area contributed by atoms with E-state index in [2.05, 4.69) is 15.0 Å². The van der Waals surface area contributed by atoms with E-state index in [1.165, 1.54) is 0 Å². The topological polar surface area (TPSA) is 95.0 Å². The molecule has 0 saturated carbocycles. The molecule has 1 unspecified atom stereocenters. The molecular weight excluding hydrogens is 244 g/mol. The lowest BCUT2D eigenvalue weighted by atomic mass is 9.92. The molecule has 0 amide bonds. The minimum Gasteiger partial charge on any atom is -0.409 e. The van der Waals surface area contributed by atoms with Gasteiger partial charge in [-0.1, -0.05) is 5.16 Å². The molecule has 1 saturated heterocycles. The van der Waals surface area contributed by atoms with Crippen molar-refractivity contribution in [2.24, 2.45) is 16.8 Å². The Morgan fingerprint density at radius 1 is 1.47 bits per heavy atom. The number of amidine groups is 1. The molecular formula is C13H20N4O2. The van der Waals surface area contributed by atoms with E-state index in [-0.39, 0.29) is 11.9 Å². The fourth-order valence-electron chi connectivity index (χ4n) is 2.42. The van der Waals surface area contributed by atoms with Crippen molar-refractivity contribution in [3.63, 3.8) is 0 Å². The van der Waals surface area contributed by atoms with Crippen molar-refractivity contribution in [2.45, 2.75) is 25.9 Å². The van der Waals surface area contributed by atoms with Crippen molar-refractivity contribution < 1.29 is 10.3 Å². The van der Waals surface area contributed by atoms with Gasteiger partial charge in [-0.05, 0) is 37.8 Å². The summed E-state index contributed by atoms with van der Waals surface area (Å²) in [5.41, 5.74) is 6.96. The molecule has 0 aromatic carbocycles. The number of hydrogen-bond donors (Lipinski definition) is 3. The number of piperidine rings is 1. The van der Waals surface area contributed by atoms with Gasteiger partial charge >= 0.3 is 0 Å². The van der Waals surface area contributed by atoms with Gasteiger partial charge < -0.3 is 20.9 Å². The summed E-state index contributed by atoms with van der Waals surface area (Å²) < 4.78 is 0. The Hall–Kier alpha value is -1.82. The maximum Gasteiger partial charge on any atom is 0.188 e. The molecule has 0 radical (unpaired) electrons. The van der Waals surface area contributed by atoms with Crippen LogP contribution in [0.3, 0.4) is 0 Å². The SMILES string of the molecule is CC(O)C1CCN(c2ccc(/C(N)=N/O)nc2)CC1. The number of nitrogens with two attached hydrogens (primary N) is 1. The fourth-order valence-corrected chi connectivity index (χ4v) is 2.42. The van der Waals surface area contributed by atoms with Gasteiger partial charge in [-0.15, -0.1) is 0 Å². The van der Waals surface area contributed by atoms with E-state index in [0.717, 1.165) is 31.6 Å². The molecule has 2 heterocycles. The Morgan fingerprint density at radius 3 is 2.63 bits per heavy atom. The van der Waals surface area contributed by atoms with E-state index < -0.39 is 0 Å². The first kappa shape index (κ1) is 13.6. The van der Waals surface area contributed by atoms with Crippen LogP contribution in [0.5, 0.6) is 0 Å². The molecule has 1 atom stereocenters. The number of rotatable bonds is 3. The Morgan fingerprint density at radius 2 is 2.16 bits per heavy atom. The molecule has 2 rings (SSSR count). The zero-order valence-electron chi connectivity index (χ0n) is 11.0. The standard InChI is InChI=1S/C13H20N4O2/c1-9(18)10-4-6-17(7-5-10)11-2-3-12(15-8-11)13(14)16-19/h2-3,8-10,18-19H,4-7H2,1H3,(H2,14,16). The van der Waals surface area contributed by atoms with Gasteiger partial charge in [0.1, 0.15) is 5.69 Å². The van der Waals surface area contributed by atoms with Gasteiger partial charge in [0, 0.05) is 13.1 Å². The van der Waals surface area contributed by atoms with Crippen LogP contribution < -0.4 is 10.6 Å². The lowest BCUT2D eigenvalue weighted by molar-refractivity contribution is 0.110. The van der Waals surface area contributed by atoms with E-state index >= 15 is 0 Å². The van der Waals surface area contributed by atoms with Gasteiger partial charge in [-0.25, -0.2) is 0 Å².